The summed E-state index contributed by atoms with van der Waals surface area (Å²) in [6.07, 6.45) is 0.250. The first-order valence-electron chi connectivity index (χ1n) is 8.72. The van der Waals surface area contributed by atoms with Crippen LogP contribution < -0.4 is 9.47 Å². The molecule has 27 heavy (non-hydrogen) atoms. The third-order valence-electron chi connectivity index (χ3n) is 4.32. The van der Waals surface area contributed by atoms with Crippen molar-refractivity contribution in [2.45, 2.75) is 20.0 Å². The number of ether oxygens (including phenoxy) is 2. The number of carbonyl (C=O) groups excluding carboxylic acids is 1. The van der Waals surface area contributed by atoms with Crippen molar-refractivity contribution < 1.29 is 19.4 Å². The fourth-order valence-electron chi connectivity index (χ4n) is 2.71. The zero-order chi connectivity index (χ0) is 19.2. The van der Waals surface area contributed by atoms with Crippen molar-refractivity contribution in [2.75, 3.05) is 7.11 Å². The molecule has 0 aliphatic carbocycles. The largest absolute Gasteiger partial charge is 0.507 e. The van der Waals surface area contributed by atoms with Gasteiger partial charge in [0, 0.05) is 12.5 Å². The summed E-state index contributed by atoms with van der Waals surface area (Å²) in [6, 6.07) is 20.1. The van der Waals surface area contributed by atoms with Crippen LogP contribution in [0.1, 0.15) is 27.0 Å². The second-order valence-corrected chi connectivity index (χ2v) is 6.40. The molecule has 4 heteroatoms. The minimum absolute atomic E-state index is 0.0701. The number of methoxy groups -OCH3 is 1. The summed E-state index contributed by atoms with van der Waals surface area (Å²) in [4.78, 5) is 12.5. The molecule has 0 amide bonds. The van der Waals surface area contributed by atoms with E-state index in [9.17, 15) is 9.90 Å². The van der Waals surface area contributed by atoms with E-state index in [-0.39, 0.29) is 18.0 Å². The molecule has 0 aliphatic heterocycles. The van der Waals surface area contributed by atoms with Gasteiger partial charge in [-0.1, -0.05) is 42.0 Å². The Hall–Kier alpha value is -3.27. The number of phenolic OH excluding ortho intramolecular Hbond substituents is 1. The summed E-state index contributed by atoms with van der Waals surface area (Å²) in [6.45, 7) is 2.36. The molecule has 0 atom stereocenters. The lowest BCUT2D eigenvalue weighted by molar-refractivity contribution is 0.0990. The van der Waals surface area contributed by atoms with Gasteiger partial charge in [-0.15, -0.1) is 0 Å². The Bertz CT molecular complexity index is 912. The molecule has 3 aromatic carbocycles. The molecular weight excluding hydrogens is 340 g/mol. The molecule has 4 nitrogen and oxygen atoms in total. The lowest BCUT2D eigenvalue weighted by atomic mass is 10.0. The minimum Gasteiger partial charge on any atom is -0.507 e. The maximum Gasteiger partial charge on any atom is 0.170 e. The summed E-state index contributed by atoms with van der Waals surface area (Å²) >= 11 is 0. The van der Waals surface area contributed by atoms with E-state index in [2.05, 4.69) is 0 Å². The summed E-state index contributed by atoms with van der Waals surface area (Å²) in [5, 5.41) is 10.2. The molecule has 0 radical (unpaired) electrons. The smallest absolute Gasteiger partial charge is 0.170 e. The molecule has 0 bridgehead atoms. The third kappa shape index (κ3) is 4.88. The first kappa shape index (κ1) is 18.5. The van der Waals surface area contributed by atoms with E-state index >= 15 is 0 Å². The highest BCUT2D eigenvalue weighted by molar-refractivity contribution is 6.00. The van der Waals surface area contributed by atoms with Gasteiger partial charge in [0.1, 0.15) is 23.9 Å². The molecule has 0 aromatic heterocycles. The van der Waals surface area contributed by atoms with E-state index in [1.165, 1.54) is 6.07 Å². The summed E-state index contributed by atoms with van der Waals surface area (Å²) in [5.41, 5.74) is 3.35. The maximum absolute atomic E-state index is 12.5. The summed E-state index contributed by atoms with van der Waals surface area (Å²) < 4.78 is 10.8. The van der Waals surface area contributed by atoms with Crippen LogP contribution in [-0.4, -0.2) is 18.0 Å². The molecular formula is C23H22O4. The number of ketones is 1. The van der Waals surface area contributed by atoms with E-state index in [1.54, 1.807) is 19.2 Å². The fraction of sp³-hybridized carbons (Fsp3) is 0.174. The Kier molecular flexibility index (Phi) is 5.77. The predicted molar refractivity (Wildman–Crippen MR) is 105 cm³/mol. The van der Waals surface area contributed by atoms with Crippen LogP contribution in [0, 0.1) is 6.92 Å². The van der Waals surface area contributed by atoms with Crippen molar-refractivity contribution in [3.05, 3.63) is 89.0 Å². The van der Waals surface area contributed by atoms with Crippen LogP contribution in [0.4, 0.5) is 0 Å². The van der Waals surface area contributed by atoms with Gasteiger partial charge in [-0.05, 0) is 42.3 Å². The number of aryl methyl sites for hydroxylation is 1. The molecule has 138 valence electrons. The average molecular weight is 362 g/mol. The number of carbonyl (C=O) groups is 1. The monoisotopic (exact) mass is 362 g/mol. The molecule has 0 saturated carbocycles. The SMILES string of the molecule is COc1ccc(COc2ccc(C(=O)Cc3ccc(C)cc3)c(O)c2)cc1. The number of phenols is 1. The average Bonchev–Trinajstić information content (AvgIpc) is 2.68. The van der Waals surface area contributed by atoms with Gasteiger partial charge in [-0.2, -0.15) is 0 Å². The van der Waals surface area contributed by atoms with Crippen molar-refractivity contribution in [3.8, 4) is 17.2 Å². The highest BCUT2D eigenvalue weighted by atomic mass is 16.5. The van der Waals surface area contributed by atoms with Crippen molar-refractivity contribution >= 4 is 5.78 Å². The Labute approximate surface area is 159 Å². The molecule has 0 spiro atoms. The normalized spacial score (nSPS) is 10.4. The minimum atomic E-state index is -0.127. The molecule has 3 rings (SSSR count). The number of hydrogen-bond donors (Lipinski definition) is 1. The van der Waals surface area contributed by atoms with Gasteiger partial charge in [0.25, 0.3) is 0 Å². The molecule has 0 heterocycles. The van der Waals surface area contributed by atoms with Gasteiger partial charge < -0.3 is 14.6 Å². The Morgan fingerprint density at radius 3 is 2.15 bits per heavy atom. The van der Waals surface area contributed by atoms with Gasteiger partial charge in [0.05, 0.1) is 12.7 Å². The van der Waals surface area contributed by atoms with E-state index in [0.29, 0.717) is 17.9 Å². The van der Waals surface area contributed by atoms with Gasteiger partial charge in [0.15, 0.2) is 5.78 Å². The standard InChI is InChI=1S/C23H22O4/c1-16-3-5-17(6-4-16)13-22(24)21-12-11-20(14-23(21)25)27-15-18-7-9-19(26-2)10-8-18/h3-12,14,25H,13,15H2,1-2H3. The van der Waals surface area contributed by atoms with Crippen LogP contribution in [0.2, 0.25) is 0 Å². The van der Waals surface area contributed by atoms with Gasteiger partial charge >= 0.3 is 0 Å². The number of hydrogen-bond acceptors (Lipinski definition) is 4. The fourth-order valence-corrected chi connectivity index (χ4v) is 2.71. The summed E-state index contributed by atoms with van der Waals surface area (Å²) in [5.74, 6) is 1.10. The van der Waals surface area contributed by atoms with E-state index in [4.69, 9.17) is 9.47 Å². The molecule has 0 saturated heterocycles. The highest BCUT2D eigenvalue weighted by Crippen LogP contribution is 2.26. The zero-order valence-electron chi connectivity index (χ0n) is 15.4. The molecule has 0 fully saturated rings. The topological polar surface area (TPSA) is 55.8 Å². The lowest BCUT2D eigenvalue weighted by Crippen LogP contribution is -2.04. The highest BCUT2D eigenvalue weighted by Gasteiger charge is 2.13. The van der Waals surface area contributed by atoms with Crippen LogP contribution in [-0.2, 0) is 13.0 Å². The van der Waals surface area contributed by atoms with Crippen molar-refractivity contribution in [2.24, 2.45) is 0 Å². The lowest BCUT2D eigenvalue weighted by Gasteiger charge is -2.10. The molecule has 1 N–H and O–H groups in total. The predicted octanol–water partition coefficient (Wildman–Crippen LogP) is 4.71. The maximum atomic E-state index is 12.5. The van der Waals surface area contributed by atoms with Crippen LogP contribution in [0.5, 0.6) is 17.2 Å². The first-order chi connectivity index (χ1) is 13.0. The Morgan fingerprint density at radius 1 is 0.889 bits per heavy atom. The van der Waals surface area contributed by atoms with Crippen molar-refractivity contribution in [1.82, 2.24) is 0 Å². The van der Waals surface area contributed by atoms with Crippen LogP contribution in [0.15, 0.2) is 66.7 Å². The van der Waals surface area contributed by atoms with Crippen LogP contribution in [0.25, 0.3) is 0 Å². The van der Waals surface area contributed by atoms with Gasteiger partial charge in [-0.25, -0.2) is 0 Å². The molecule has 0 unspecified atom stereocenters. The Morgan fingerprint density at radius 2 is 1.52 bits per heavy atom. The summed E-state index contributed by atoms with van der Waals surface area (Å²) in [7, 11) is 1.62. The van der Waals surface area contributed by atoms with Crippen molar-refractivity contribution in [3.63, 3.8) is 0 Å². The zero-order valence-corrected chi connectivity index (χ0v) is 15.4. The molecule has 0 aliphatic rings. The Balaban J connectivity index is 1.63. The number of rotatable bonds is 7. The second kappa shape index (κ2) is 8.41. The number of benzene rings is 3. The third-order valence-corrected chi connectivity index (χ3v) is 4.32. The van der Waals surface area contributed by atoms with Crippen LogP contribution >= 0.6 is 0 Å². The number of aromatic hydroxyl groups is 1. The van der Waals surface area contributed by atoms with E-state index in [0.717, 1.165) is 22.4 Å². The first-order valence-corrected chi connectivity index (χ1v) is 8.72. The van der Waals surface area contributed by atoms with Gasteiger partial charge in [0.2, 0.25) is 0 Å². The second-order valence-electron chi connectivity index (χ2n) is 6.40. The van der Waals surface area contributed by atoms with E-state index < -0.39 is 0 Å². The number of Topliss-reactive ketones (excluding diaryl/α,β-unsaturated/α-hetero) is 1. The van der Waals surface area contributed by atoms with Crippen molar-refractivity contribution in [1.29, 1.82) is 0 Å². The molecule has 3 aromatic rings. The van der Waals surface area contributed by atoms with Crippen LogP contribution in [0.3, 0.4) is 0 Å². The van der Waals surface area contributed by atoms with Gasteiger partial charge in [-0.3, -0.25) is 4.79 Å². The van der Waals surface area contributed by atoms with E-state index in [1.807, 2.05) is 55.5 Å². The quantitative estimate of drug-likeness (QED) is 0.618.